The highest BCUT2D eigenvalue weighted by atomic mass is 16.5. The highest BCUT2D eigenvalue weighted by molar-refractivity contribution is 4.63. The van der Waals surface area contributed by atoms with Crippen LogP contribution in [0, 0.1) is 6.61 Å². The first kappa shape index (κ1) is 8.92. The highest BCUT2D eigenvalue weighted by Crippen LogP contribution is 2.00. The van der Waals surface area contributed by atoms with E-state index in [1.165, 1.54) is 0 Å². The van der Waals surface area contributed by atoms with Crippen LogP contribution < -0.4 is 0 Å². The highest BCUT2D eigenvalue weighted by Gasteiger charge is 2.02. The lowest BCUT2D eigenvalue weighted by atomic mass is 10.3. The van der Waals surface area contributed by atoms with E-state index in [0.29, 0.717) is 0 Å². The first-order valence-electron chi connectivity index (χ1n) is 3.32. The third-order valence-electron chi connectivity index (χ3n) is 1.12. The summed E-state index contributed by atoms with van der Waals surface area (Å²) in [5.41, 5.74) is 0. The van der Waals surface area contributed by atoms with Crippen molar-refractivity contribution in [2.75, 3.05) is 13.7 Å². The minimum absolute atomic E-state index is 0.157. The normalized spacial score (nSPS) is 13.7. The molecule has 0 aromatic rings. The predicted molar refractivity (Wildman–Crippen MR) is 37.0 cm³/mol. The average Bonchev–Trinajstić information content (AvgIpc) is 1.91. The van der Waals surface area contributed by atoms with Crippen molar-refractivity contribution in [2.24, 2.45) is 0 Å². The molecule has 0 fully saturated rings. The third-order valence-corrected chi connectivity index (χ3v) is 1.12. The molecule has 1 radical (unpaired) electrons. The van der Waals surface area contributed by atoms with Crippen molar-refractivity contribution in [3.05, 3.63) is 6.61 Å². The Kier molecular flexibility index (Phi) is 5.99. The van der Waals surface area contributed by atoms with Gasteiger partial charge in [-0.05, 0) is 13.3 Å². The topological polar surface area (TPSA) is 18.5 Å². The number of ether oxygens (including phenoxy) is 2. The van der Waals surface area contributed by atoms with E-state index in [2.05, 4.69) is 6.92 Å². The Morgan fingerprint density at radius 3 is 2.44 bits per heavy atom. The molecule has 0 saturated carbocycles. The zero-order chi connectivity index (χ0) is 7.11. The van der Waals surface area contributed by atoms with Gasteiger partial charge in [-0.15, -0.1) is 0 Å². The van der Waals surface area contributed by atoms with Crippen molar-refractivity contribution < 1.29 is 9.47 Å². The number of hydrogen-bond acceptors (Lipinski definition) is 2. The molecule has 0 aliphatic heterocycles. The van der Waals surface area contributed by atoms with Gasteiger partial charge in [0, 0.05) is 13.7 Å². The minimum atomic E-state index is 0.157. The summed E-state index contributed by atoms with van der Waals surface area (Å²) >= 11 is 0. The van der Waals surface area contributed by atoms with Gasteiger partial charge >= 0.3 is 0 Å². The van der Waals surface area contributed by atoms with Crippen LogP contribution in [-0.2, 0) is 9.47 Å². The zero-order valence-electron chi connectivity index (χ0n) is 6.39. The van der Waals surface area contributed by atoms with Gasteiger partial charge in [-0.3, -0.25) is 0 Å². The summed E-state index contributed by atoms with van der Waals surface area (Å²) in [7, 11) is 1.68. The fourth-order valence-electron chi connectivity index (χ4n) is 0.522. The van der Waals surface area contributed by atoms with Crippen LogP contribution >= 0.6 is 0 Å². The van der Waals surface area contributed by atoms with Crippen molar-refractivity contribution in [2.45, 2.75) is 26.4 Å². The lowest BCUT2D eigenvalue weighted by Crippen LogP contribution is -2.11. The smallest absolute Gasteiger partial charge is 0.112 e. The molecule has 2 nitrogen and oxygen atoms in total. The molecule has 1 unspecified atom stereocenters. The maximum Gasteiger partial charge on any atom is 0.112 e. The van der Waals surface area contributed by atoms with Crippen molar-refractivity contribution in [3.63, 3.8) is 0 Å². The summed E-state index contributed by atoms with van der Waals surface area (Å²) in [6.45, 7) is 6.47. The SMILES string of the molecule is CCO[CH]C(CC)OC. The van der Waals surface area contributed by atoms with Gasteiger partial charge in [0.15, 0.2) is 0 Å². The van der Waals surface area contributed by atoms with Crippen LogP contribution in [0.3, 0.4) is 0 Å². The first-order valence-corrected chi connectivity index (χ1v) is 3.32. The van der Waals surface area contributed by atoms with E-state index in [4.69, 9.17) is 9.47 Å². The molecule has 0 aromatic heterocycles. The number of methoxy groups -OCH3 is 1. The zero-order valence-corrected chi connectivity index (χ0v) is 6.39. The fraction of sp³-hybridized carbons (Fsp3) is 0.857. The molecule has 0 aliphatic carbocycles. The van der Waals surface area contributed by atoms with Crippen LogP contribution in [0.5, 0.6) is 0 Å². The van der Waals surface area contributed by atoms with Gasteiger partial charge in [0.25, 0.3) is 0 Å². The molecule has 0 aromatic carbocycles. The third kappa shape index (κ3) is 4.43. The molecule has 9 heavy (non-hydrogen) atoms. The molecule has 0 amide bonds. The lowest BCUT2D eigenvalue weighted by Gasteiger charge is -2.10. The molecule has 2 heteroatoms. The van der Waals surface area contributed by atoms with E-state index in [1.54, 1.807) is 13.7 Å². The van der Waals surface area contributed by atoms with Crippen LogP contribution in [0.4, 0.5) is 0 Å². The Balaban J connectivity index is 3.09. The second-order valence-corrected chi connectivity index (χ2v) is 1.77. The predicted octanol–water partition coefficient (Wildman–Crippen LogP) is 1.61. The van der Waals surface area contributed by atoms with E-state index >= 15 is 0 Å². The Morgan fingerprint density at radius 1 is 1.44 bits per heavy atom. The molecule has 0 aliphatic rings. The van der Waals surface area contributed by atoms with Crippen molar-refractivity contribution in [3.8, 4) is 0 Å². The summed E-state index contributed by atoms with van der Waals surface area (Å²) in [6, 6.07) is 0. The number of rotatable bonds is 5. The largest absolute Gasteiger partial charge is 0.379 e. The molecule has 0 N–H and O–H groups in total. The lowest BCUT2D eigenvalue weighted by molar-refractivity contribution is 0.0563. The van der Waals surface area contributed by atoms with Crippen LogP contribution in [0.1, 0.15) is 20.3 Å². The summed E-state index contributed by atoms with van der Waals surface area (Å²) in [5, 5.41) is 0. The molecular weight excluding hydrogens is 116 g/mol. The van der Waals surface area contributed by atoms with Crippen LogP contribution in [0.2, 0.25) is 0 Å². The summed E-state index contributed by atoms with van der Waals surface area (Å²) in [5.74, 6) is 0. The molecule has 0 spiro atoms. The van der Waals surface area contributed by atoms with Gasteiger partial charge < -0.3 is 9.47 Å². The molecule has 0 heterocycles. The maximum absolute atomic E-state index is 5.03. The second kappa shape index (κ2) is 6.05. The van der Waals surface area contributed by atoms with E-state index in [1.807, 2.05) is 6.92 Å². The van der Waals surface area contributed by atoms with E-state index < -0.39 is 0 Å². The van der Waals surface area contributed by atoms with Crippen molar-refractivity contribution >= 4 is 0 Å². The van der Waals surface area contributed by atoms with E-state index in [0.717, 1.165) is 13.0 Å². The van der Waals surface area contributed by atoms with Crippen LogP contribution in [-0.4, -0.2) is 19.8 Å². The van der Waals surface area contributed by atoms with Gasteiger partial charge in [0.1, 0.15) is 6.61 Å². The van der Waals surface area contributed by atoms with Crippen molar-refractivity contribution in [1.82, 2.24) is 0 Å². The minimum Gasteiger partial charge on any atom is -0.379 e. The Hall–Kier alpha value is -0.0800. The second-order valence-electron chi connectivity index (χ2n) is 1.77. The van der Waals surface area contributed by atoms with Crippen LogP contribution in [0.25, 0.3) is 0 Å². The monoisotopic (exact) mass is 131 g/mol. The van der Waals surface area contributed by atoms with E-state index in [-0.39, 0.29) is 6.10 Å². The van der Waals surface area contributed by atoms with Gasteiger partial charge in [0.2, 0.25) is 0 Å². The standard InChI is InChI=1S/C7H15O2/c1-4-7(8-3)6-9-5-2/h6-7H,4-5H2,1-3H3. The van der Waals surface area contributed by atoms with Gasteiger partial charge in [-0.2, -0.15) is 0 Å². The summed E-state index contributed by atoms with van der Waals surface area (Å²) in [4.78, 5) is 0. The Morgan fingerprint density at radius 2 is 2.11 bits per heavy atom. The first-order chi connectivity index (χ1) is 4.35. The molecule has 0 bridgehead atoms. The average molecular weight is 131 g/mol. The fourth-order valence-corrected chi connectivity index (χ4v) is 0.522. The summed E-state index contributed by atoms with van der Waals surface area (Å²) in [6.07, 6.45) is 1.13. The number of hydrogen-bond donors (Lipinski definition) is 0. The molecule has 55 valence electrons. The maximum atomic E-state index is 5.03. The van der Waals surface area contributed by atoms with Crippen molar-refractivity contribution in [1.29, 1.82) is 0 Å². The molecule has 0 rings (SSSR count). The Labute approximate surface area is 57.2 Å². The van der Waals surface area contributed by atoms with Gasteiger partial charge in [-0.25, -0.2) is 0 Å². The summed E-state index contributed by atoms with van der Waals surface area (Å²) < 4.78 is 10.0. The quantitative estimate of drug-likeness (QED) is 0.564. The van der Waals surface area contributed by atoms with Crippen LogP contribution in [0.15, 0.2) is 0 Å². The molecule has 1 atom stereocenters. The van der Waals surface area contributed by atoms with Gasteiger partial charge in [0.05, 0.1) is 6.10 Å². The Bertz CT molecular complexity index is 50.9. The molecule has 0 saturated heterocycles. The van der Waals surface area contributed by atoms with E-state index in [9.17, 15) is 0 Å². The molecular formula is C7H15O2. The van der Waals surface area contributed by atoms with Gasteiger partial charge in [-0.1, -0.05) is 6.92 Å².